The van der Waals surface area contributed by atoms with E-state index in [1.165, 1.54) is 38.5 Å². The van der Waals surface area contributed by atoms with Crippen molar-refractivity contribution in [2.75, 3.05) is 119 Å². The molecule has 0 saturated carbocycles. The summed E-state index contributed by atoms with van der Waals surface area (Å²) in [7, 11) is 0. The molecule has 1 N–H and O–H groups in total. The van der Waals surface area contributed by atoms with Crippen LogP contribution >= 0.6 is 0 Å². The van der Waals surface area contributed by atoms with E-state index in [1.54, 1.807) is 12.1 Å². The van der Waals surface area contributed by atoms with E-state index in [9.17, 15) is 9.90 Å². The van der Waals surface area contributed by atoms with Crippen molar-refractivity contribution in [3.05, 3.63) is 29.3 Å². The summed E-state index contributed by atoms with van der Waals surface area (Å²) in [5.41, 5.74) is 1.08. The molecule has 0 radical (unpaired) electrons. The Morgan fingerprint density at radius 1 is 0.562 bits per heavy atom. The van der Waals surface area contributed by atoms with Crippen LogP contribution in [0.3, 0.4) is 0 Å². The molecule has 48 heavy (non-hydrogen) atoms. The van der Waals surface area contributed by atoms with Crippen LogP contribution in [-0.4, -0.2) is 130 Å². The van der Waals surface area contributed by atoms with Gasteiger partial charge in [0.05, 0.1) is 118 Å². The van der Waals surface area contributed by atoms with Crippen LogP contribution in [0.2, 0.25) is 0 Å². The molecule has 0 aliphatic heterocycles. The first-order chi connectivity index (χ1) is 23.2. The molecule has 1 rings (SSSR count). The largest absolute Gasteiger partial charge is 1.00 e. The molecule has 13 heteroatoms. The van der Waals surface area contributed by atoms with Crippen LogP contribution in [0, 0.1) is 0 Å². The summed E-state index contributed by atoms with van der Waals surface area (Å²) in [6.07, 6.45) is 10.8. The van der Waals surface area contributed by atoms with Crippen molar-refractivity contribution in [1.82, 2.24) is 0 Å². The monoisotopic (exact) mass is 680 g/mol. The van der Waals surface area contributed by atoms with E-state index < -0.39 is 5.97 Å². The normalized spacial score (nSPS) is 11.1. The number of hydrogen-bond donors (Lipinski definition) is 1. The number of carbonyl (C=O) groups is 1. The molecule has 0 aromatic heterocycles. The van der Waals surface area contributed by atoms with Crippen molar-refractivity contribution >= 4 is 5.97 Å². The van der Waals surface area contributed by atoms with E-state index in [0.717, 1.165) is 24.8 Å². The van der Waals surface area contributed by atoms with Gasteiger partial charge in [0.2, 0.25) is 0 Å². The van der Waals surface area contributed by atoms with Gasteiger partial charge in [0, 0.05) is 5.56 Å². The van der Waals surface area contributed by atoms with Crippen LogP contribution in [0.4, 0.5) is 0 Å². The number of aromatic carboxylic acids is 1. The number of aryl methyl sites for hydroxylation is 1. The second kappa shape index (κ2) is 37.0. The second-order valence-corrected chi connectivity index (χ2v) is 10.8. The van der Waals surface area contributed by atoms with Gasteiger partial charge in [-0.25, -0.2) is 0 Å². The molecule has 0 bridgehead atoms. The number of benzene rings is 1. The van der Waals surface area contributed by atoms with Crippen molar-refractivity contribution in [3.63, 3.8) is 0 Å². The Labute approximate surface area is 300 Å². The fraction of sp³-hybridized carbons (Fsp3) is 0.800. The molecule has 0 amide bonds. The quantitative estimate of drug-likeness (QED) is 0.0760. The number of aliphatic hydroxyl groups excluding tert-OH is 1. The summed E-state index contributed by atoms with van der Waals surface area (Å²) in [5, 5.41) is 20.2. The zero-order valence-corrected chi connectivity index (χ0v) is 29.8. The molecular weight excluding hydrogens is 619 g/mol. The van der Waals surface area contributed by atoms with Crippen molar-refractivity contribution < 1.29 is 76.5 Å². The summed E-state index contributed by atoms with van der Waals surface area (Å²) < 4.78 is 48.9. The average molecular weight is 681 g/mol. The summed E-state index contributed by atoms with van der Waals surface area (Å²) in [6, 6.07) is 5.32. The summed E-state index contributed by atoms with van der Waals surface area (Å²) in [6.45, 7) is 9.69. The Hall–Kier alpha value is -1.27. The zero-order chi connectivity index (χ0) is 33.9. The van der Waals surface area contributed by atoms with Crippen molar-refractivity contribution in [2.45, 2.75) is 64.7 Å². The predicted molar refractivity (Wildman–Crippen MR) is 176 cm³/mol. The smallest absolute Gasteiger partial charge is 0.545 e. The predicted octanol–water partition coefficient (Wildman–Crippen LogP) is 0.241. The van der Waals surface area contributed by atoms with Crippen LogP contribution in [-0.2, 0) is 44.3 Å². The van der Waals surface area contributed by atoms with E-state index in [2.05, 4.69) is 6.92 Å². The standard InChI is InChI=1S/C35H62O12.Li/c1-2-3-4-5-6-7-8-9-10-32-11-12-34(33(31-32)35(37)38)47-30-29-46-28-27-45-26-25-44-24-23-43-22-21-42-20-19-41-18-17-40-16-15-39-14-13-36;/h11-12,31,36H,2-10,13-30H2,1H3,(H,37,38);/q;+1/p-1. The molecule has 0 aliphatic rings. The topological polar surface area (TPSA) is 143 Å². The van der Waals surface area contributed by atoms with E-state index in [4.69, 9.17) is 47.7 Å². The van der Waals surface area contributed by atoms with Gasteiger partial charge < -0.3 is 57.6 Å². The molecule has 1 aromatic rings. The first-order valence-corrected chi connectivity index (χ1v) is 17.4. The van der Waals surface area contributed by atoms with Crippen LogP contribution < -0.4 is 28.7 Å². The maximum atomic E-state index is 11.6. The molecule has 0 heterocycles. The Bertz CT molecular complexity index is 833. The molecule has 0 fully saturated rings. The molecule has 0 spiro atoms. The van der Waals surface area contributed by atoms with Crippen LogP contribution in [0.25, 0.3) is 0 Å². The summed E-state index contributed by atoms with van der Waals surface area (Å²) >= 11 is 0. The number of unbranched alkanes of at least 4 members (excludes halogenated alkanes) is 7. The Morgan fingerprint density at radius 3 is 1.33 bits per heavy atom. The Kier molecular flexibility index (Phi) is 36.0. The van der Waals surface area contributed by atoms with Gasteiger partial charge in [-0.1, -0.05) is 57.9 Å². The first-order valence-electron chi connectivity index (χ1n) is 17.4. The number of carbonyl (C=O) groups excluding carboxylic acids is 1. The minimum Gasteiger partial charge on any atom is -0.545 e. The third kappa shape index (κ3) is 29.6. The van der Waals surface area contributed by atoms with Gasteiger partial charge in [-0.3, -0.25) is 0 Å². The third-order valence-electron chi connectivity index (χ3n) is 6.91. The molecule has 0 atom stereocenters. The van der Waals surface area contributed by atoms with E-state index in [1.807, 2.05) is 6.07 Å². The zero-order valence-electron chi connectivity index (χ0n) is 29.8. The molecule has 274 valence electrons. The number of carboxylic acids is 1. The summed E-state index contributed by atoms with van der Waals surface area (Å²) in [4.78, 5) is 11.6. The van der Waals surface area contributed by atoms with Crippen LogP contribution in [0.5, 0.6) is 5.75 Å². The maximum Gasteiger partial charge on any atom is 1.00 e. The number of aliphatic hydroxyl groups is 1. The number of hydrogen-bond acceptors (Lipinski definition) is 12. The van der Waals surface area contributed by atoms with E-state index >= 15 is 0 Å². The summed E-state index contributed by atoms with van der Waals surface area (Å²) in [5.74, 6) is -0.927. The SMILES string of the molecule is CCCCCCCCCCc1ccc(OCCOCCOCCOCCOCCOCCOCCOCCOCCO)c(C(=O)[O-])c1.[Li+]. The minimum atomic E-state index is -1.23. The maximum absolute atomic E-state index is 11.6. The van der Waals surface area contributed by atoms with Crippen LogP contribution in [0.1, 0.15) is 74.2 Å². The third-order valence-corrected chi connectivity index (χ3v) is 6.91. The van der Waals surface area contributed by atoms with Crippen molar-refractivity contribution in [3.8, 4) is 5.75 Å². The fourth-order valence-electron chi connectivity index (χ4n) is 4.40. The van der Waals surface area contributed by atoms with E-state index in [0.29, 0.717) is 111 Å². The Morgan fingerprint density at radius 2 is 0.938 bits per heavy atom. The van der Waals surface area contributed by atoms with Gasteiger partial charge in [0.1, 0.15) is 12.4 Å². The molecule has 1 aromatic carbocycles. The van der Waals surface area contributed by atoms with Crippen LogP contribution in [0.15, 0.2) is 18.2 Å². The van der Waals surface area contributed by atoms with E-state index in [-0.39, 0.29) is 37.6 Å². The number of ether oxygens (including phenoxy) is 9. The second-order valence-electron chi connectivity index (χ2n) is 10.8. The average Bonchev–Trinajstić information content (AvgIpc) is 3.07. The minimum absolute atomic E-state index is 0. The molecule has 12 nitrogen and oxygen atoms in total. The van der Waals surface area contributed by atoms with Gasteiger partial charge in [-0.15, -0.1) is 0 Å². The van der Waals surface area contributed by atoms with Gasteiger partial charge in [0.15, 0.2) is 0 Å². The molecular formula is C35H61LiO12. The van der Waals surface area contributed by atoms with Crippen molar-refractivity contribution in [2.24, 2.45) is 0 Å². The van der Waals surface area contributed by atoms with Gasteiger partial charge >= 0.3 is 18.9 Å². The number of carboxylic acid groups (broad SMARTS) is 1. The number of rotatable bonds is 37. The van der Waals surface area contributed by atoms with Gasteiger partial charge in [0.25, 0.3) is 0 Å². The van der Waals surface area contributed by atoms with Gasteiger partial charge in [-0.05, 0) is 30.5 Å². The van der Waals surface area contributed by atoms with Crippen molar-refractivity contribution in [1.29, 1.82) is 0 Å². The van der Waals surface area contributed by atoms with Gasteiger partial charge in [-0.2, -0.15) is 0 Å². The fourth-order valence-corrected chi connectivity index (χ4v) is 4.40. The first kappa shape index (κ1) is 46.7. The Balaban J connectivity index is 0.0000221. The molecule has 0 unspecified atom stereocenters. The molecule has 0 aliphatic carbocycles. The molecule has 0 saturated heterocycles.